The van der Waals surface area contributed by atoms with Crippen LogP contribution in [0.4, 0.5) is 0 Å². The van der Waals surface area contributed by atoms with Gasteiger partial charge in [0.2, 0.25) is 0 Å². The van der Waals surface area contributed by atoms with Crippen molar-refractivity contribution >= 4 is 29.1 Å². The second kappa shape index (κ2) is 5.95. The van der Waals surface area contributed by atoms with Crippen LogP contribution in [0.3, 0.4) is 0 Å². The van der Waals surface area contributed by atoms with E-state index in [1.807, 2.05) is 7.05 Å². The summed E-state index contributed by atoms with van der Waals surface area (Å²) in [6.45, 7) is 0. The second-order valence-electron chi connectivity index (χ2n) is 4.66. The summed E-state index contributed by atoms with van der Waals surface area (Å²) in [6.07, 6.45) is 4.18. The third-order valence-electron chi connectivity index (χ3n) is 3.44. The maximum Gasteiger partial charge on any atom is 0.268 e. The van der Waals surface area contributed by atoms with E-state index >= 15 is 0 Å². The molecule has 1 saturated carbocycles. The van der Waals surface area contributed by atoms with Crippen molar-refractivity contribution in [3.05, 3.63) is 21.9 Å². The third kappa shape index (κ3) is 3.19. The molecule has 0 bridgehead atoms. The zero-order valence-electron chi connectivity index (χ0n) is 10.2. The minimum absolute atomic E-state index is 0.142. The number of amides is 1. The summed E-state index contributed by atoms with van der Waals surface area (Å²) in [5, 5.41) is 6.95. The van der Waals surface area contributed by atoms with Crippen molar-refractivity contribution in [2.24, 2.45) is 0 Å². The van der Waals surface area contributed by atoms with Crippen LogP contribution in [0.25, 0.3) is 0 Å². The van der Waals surface area contributed by atoms with E-state index in [0.29, 0.717) is 21.9 Å². The standard InChI is InChI=1S/C12H17Cl2N3O/c1-15-7-2-4-8(5-3-7)16-12(18)10-6-9(13)11(14)17-10/h6-8,15,17H,2-5H2,1H3,(H,16,18). The average Bonchev–Trinajstić information content (AvgIpc) is 2.71. The number of carbonyl (C=O) groups is 1. The summed E-state index contributed by atoms with van der Waals surface area (Å²) in [7, 11) is 1.98. The van der Waals surface area contributed by atoms with E-state index in [1.54, 1.807) is 6.07 Å². The van der Waals surface area contributed by atoms with Gasteiger partial charge in [-0.05, 0) is 38.8 Å². The lowest BCUT2D eigenvalue weighted by Gasteiger charge is -2.28. The van der Waals surface area contributed by atoms with Gasteiger partial charge in [0.05, 0.1) is 5.02 Å². The molecule has 1 fully saturated rings. The largest absolute Gasteiger partial charge is 0.348 e. The molecule has 18 heavy (non-hydrogen) atoms. The van der Waals surface area contributed by atoms with E-state index in [0.717, 1.165) is 25.7 Å². The Hall–Kier alpha value is -0.710. The number of carbonyl (C=O) groups excluding carboxylic acids is 1. The van der Waals surface area contributed by atoms with Gasteiger partial charge in [-0.1, -0.05) is 23.2 Å². The molecule has 0 aromatic carbocycles. The highest BCUT2D eigenvalue weighted by Gasteiger charge is 2.22. The van der Waals surface area contributed by atoms with Gasteiger partial charge in [0, 0.05) is 12.1 Å². The first-order chi connectivity index (χ1) is 8.60. The minimum Gasteiger partial charge on any atom is -0.348 e. The van der Waals surface area contributed by atoms with Gasteiger partial charge in [0.1, 0.15) is 10.8 Å². The highest BCUT2D eigenvalue weighted by Crippen LogP contribution is 2.23. The first-order valence-electron chi connectivity index (χ1n) is 6.12. The number of nitrogens with one attached hydrogen (secondary N) is 3. The Balaban J connectivity index is 1.88. The molecule has 1 amide bonds. The number of hydrogen-bond acceptors (Lipinski definition) is 2. The van der Waals surface area contributed by atoms with Crippen LogP contribution in [0.2, 0.25) is 10.2 Å². The van der Waals surface area contributed by atoms with Gasteiger partial charge in [-0.25, -0.2) is 0 Å². The van der Waals surface area contributed by atoms with Crippen molar-refractivity contribution in [1.82, 2.24) is 15.6 Å². The number of aromatic nitrogens is 1. The molecule has 1 aliphatic rings. The van der Waals surface area contributed by atoms with Crippen LogP contribution in [0, 0.1) is 0 Å². The summed E-state index contributed by atoms with van der Waals surface area (Å²) in [5.41, 5.74) is 0.417. The fourth-order valence-corrected chi connectivity index (χ4v) is 2.63. The van der Waals surface area contributed by atoms with Crippen molar-refractivity contribution in [3.63, 3.8) is 0 Å². The SMILES string of the molecule is CNC1CCC(NC(=O)c2cc(Cl)c(Cl)[nH]2)CC1. The number of H-pyrrole nitrogens is 1. The molecule has 1 aromatic rings. The Kier molecular flexibility index (Phi) is 4.54. The zero-order valence-corrected chi connectivity index (χ0v) is 11.7. The van der Waals surface area contributed by atoms with Gasteiger partial charge in [-0.3, -0.25) is 4.79 Å². The van der Waals surface area contributed by atoms with Crippen molar-refractivity contribution in [1.29, 1.82) is 0 Å². The van der Waals surface area contributed by atoms with Gasteiger partial charge in [0.25, 0.3) is 5.91 Å². The lowest BCUT2D eigenvalue weighted by molar-refractivity contribution is 0.0920. The lowest BCUT2D eigenvalue weighted by Crippen LogP contribution is -2.41. The molecule has 1 aromatic heterocycles. The fraction of sp³-hybridized carbons (Fsp3) is 0.583. The quantitative estimate of drug-likeness (QED) is 0.801. The molecule has 0 saturated heterocycles. The molecule has 2 rings (SSSR count). The van der Waals surface area contributed by atoms with Crippen LogP contribution < -0.4 is 10.6 Å². The Morgan fingerprint density at radius 3 is 2.39 bits per heavy atom. The van der Waals surface area contributed by atoms with Crippen molar-refractivity contribution in [2.75, 3.05) is 7.05 Å². The molecule has 0 aliphatic heterocycles. The molecule has 1 aliphatic carbocycles. The molecule has 0 atom stereocenters. The molecular weight excluding hydrogens is 273 g/mol. The molecule has 1 heterocycles. The Morgan fingerprint density at radius 1 is 1.28 bits per heavy atom. The van der Waals surface area contributed by atoms with Crippen LogP contribution in [0.1, 0.15) is 36.2 Å². The molecule has 0 spiro atoms. The molecule has 0 radical (unpaired) electrons. The topological polar surface area (TPSA) is 56.9 Å². The van der Waals surface area contributed by atoms with Crippen molar-refractivity contribution in [2.45, 2.75) is 37.8 Å². The molecule has 0 unspecified atom stereocenters. The van der Waals surface area contributed by atoms with Crippen LogP contribution in [0.15, 0.2) is 6.07 Å². The molecule has 6 heteroatoms. The van der Waals surface area contributed by atoms with Gasteiger partial charge < -0.3 is 15.6 Å². The zero-order chi connectivity index (χ0) is 13.1. The maximum atomic E-state index is 12.0. The van der Waals surface area contributed by atoms with Crippen LogP contribution in [0.5, 0.6) is 0 Å². The van der Waals surface area contributed by atoms with E-state index in [1.165, 1.54) is 0 Å². The first kappa shape index (κ1) is 13.7. The molecule has 100 valence electrons. The third-order valence-corrected chi connectivity index (χ3v) is 4.13. The van der Waals surface area contributed by atoms with E-state index in [-0.39, 0.29) is 11.9 Å². The van der Waals surface area contributed by atoms with Gasteiger partial charge in [0.15, 0.2) is 0 Å². The summed E-state index contributed by atoms with van der Waals surface area (Å²) in [6, 6.07) is 2.37. The Labute approximate surface area is 116 Å². The Morgan fingerprint density at radius 2 is 1.89 bits per heavy atom. The summed E-state index contributed by atoms with van der Waals surface area (Å²) >= 11 is 11.6. The van der Waals surface area contributed by atoms with Crippen LogP contribution in [-0.4, -0.2) is 30.0 Å². The smallest absolute Gasteiger partial charge is 0.268 e. The minimum atomic E-state index is -0.142. The predicted molar refractivity (Wildman–Crippen MR) is 73.4 cm³/mol. The summed E-state index contributed by atoms with van der Waals surface area (Å²) < 4.78 is 0. The average molecular weight is 290 g/mol. The number of halogens is 2. The highest BCUT2D eigenvalue weighted by molar-refractivity contribution is 6.41. The van der Waals surface area contributed by atoms with Gasteiger partial charge >= 0.3 is 0 Å². The second-order valence-corrected chi connectivity index (χ2v) is 5.44. The molecule has 3 N–H and O–H groups in total. The van der Waals surface area contributed by atoms with E-state index in [9.17, 15) is 4.79 Å². The first-order valence-corrected chi connectivity index (χ1v) is 6.88. The van der Waals surface area contributed by atoms with Gasteiger partial charge in [-0.15, -0.1) is 0 Å². The van der Waals surface area contributed by atoms with Crippen molar-refractivity contribution in [3.8, 4) is 0 Å². The monoisotopic (exact) mass is 289 g/mol. The van der Waals surface area contributed by atoms with Gasteiger partial charge in [-0.2, -0.15) is 0 Å². The number of aromatic amines is 1. The number of rotatable bonds is 3. The fourth-order valence-electron chi connectivity index (χ4n) is 2.32. The Bertz CT molecular complexity index is 405. The van der Waals surface area contributed by atoms with Crippen LogP contribution in [-0.2, 0) is 0 Å². The van der Waals surface area contributed by atoms with E-state index in [4.69, 9.17) is 23.2 Å². The predicted octanol–water partition coefficient (Wildman–Crippen LogP) is 2.58. The normalized spacial score (nSPS) is 23.9. The summed E-state index contributed by atoms with van der Waals surface area (Å²) in [4.78, 5) is 14.7. The molecular formula is C12H17Cl2N3O. The highest BCUT2D eigenvalue weighted by atomic mass is 35.5. The van der Waals surface area contributed by atoms with Crippen LogP contribution >= 0.6 is 23.2 Å². The number of hydrogen-bond donors (Lipinski definition) is 3. The molecule has 4 nitrogen and oxygen atoms in total. The van der Waals surface area contributed by atoms with Crippen molar-refractivity contribution < 1.29 is 4.79 Å². The lowest BCUT2D eigenvalue weighted by atomic mass is 9.91. The van der Waals surface area contributed by atoms with E-state index in [2.05, 4.69) is 15.6 Å². The van der Waals surface area contributed by atoms with E-state index < -0.39 is 0 Å². The summed E-state index contributed by atoms with van der Waals surface area (Å²) in [5.74, 6) is -0.142. The maximum absolute atomic E-state index is 12.0.